The number of ether oxygens (including phenoxy) is 1. The summed E-state index contributed by atoms with van der Waals surface area (Å²) in [6, 6.07) is 0. The van der Waals surface area contributed by atoms with Crippen molar-refractivity contribution in [3.63, 3.8) is 0 Å². The molecule has 0 aromatic carbocycles. The van der Waals surface area contributed by atoms with Gasteiger partial charge in [0.2, 0.25) is 0 Å². The number of hydrogen-bond acceptors (Lipinski definition) is 2. The van der Waals surface area contributed by atoms with E-state index in [0.29, 0.717) is 0 Å². The molecule has 0 saturated carbocycles. The molecule has 80 valence electrons. The quantitative estimate of drug-likeness (QED) is 0.592. The van der Waals surface area contributed by atoms with E-state index in [-0.39, 0.29) is 5.60 Å². The van der Waals surface area contributed by atoms with E-state index in [1.165, 1.54) is 0 Å². The van der Waals surface area contributed by atoms with Gasteiger partial charge in [-0.3, -0.25) is 0 Å². The molecule has 13 heavy (non-hydrogen) atoms. The Morgan fingerprint density at radius 2 is 1.62 bits per heavy atom. The highest BCUT2D eigenvalue weighted by Gasteiger charge is 2.09. The molecule has 0 saturated heterocycles. The molecule has 0 aliphatic heterocycles. The van der Waals surface area contributed by atoms with Crippen LogP contribution in [0.15, 0.2) is 0 Å². The minimum Gasteiger partial charge on any atom is -0.376 e. The highest BCUT2D eigenvalue weighted by molar-refractivity contribution is 4.59. The summed E-state index contributed by atoms with van der Waals surface area (Å²) in [5.41, 5.74) is 0.0171. The third kappa shape index (κ3) is 8.26. The Labute approximate surface area is 83.3 Å². The summed E-state index contributed by atoms with van der Waals surface area (Å²) in [6.45, 7) is 15.0. The molecule has 0 unspecified atom stereocenters. The molecule has 0 bridgehead atoms. The van der Waals surface area contributed by atoms with Crippen LogP contribution < -0.4 is 0 Å². The van der Waals surface area contributed by atoms with Crippen molar-refractivity contribution in [1.29, 1.82) is 0 Å². The molecular formula is C11H25NO. The highest BCUT2D eigenvalue weighted by Crippen LogP contribution is 2.06. The predicted octanol–water partition coefficient (Wildman–Crippen LogP) is 2.53. The van der Waals surface area contributed by atoms with Crippen molar-refractivity contribution < 1.29 is 4.74 Å². The van der Waals surface area contributed by atoms with Crippen LogP contribution in [0.5, 0.6) is 0 Å². The van der Waals surface area contributed by atoms with Crippen LogP contribution in [0.1, 0.15) is 41.0 Å². The molecule has 0 fully saturated rings. The van der Waals surface area contributed by atoms with Gasteiger partial charge >= 0.3 is 0 Å². The van der Waals surface area contributed by atoms with E-state index in [2.05, 4.69) is 39.5 Å². The summed E-state index contributed by atoms with van der Waals surface area (Å²) in [5.74, 6) is 0. The zero-order chi connectivity index (χ0) is 10.3. The zero-order valence-electron chi connectivity index (χ0n) is 9.89. The van der Waals surface area contributed by atoms with Gasteiger partial charge in [-0.25, -0.2) is 0 Å². The van der Waals surface area contributed by atoms with E-state index in [1.807, 2.05) is 0 Å². The van der Waals surface area contributed by atoms with Crippen LogP contribution in [-0.4, -0.2) is 36.7 Å². The second-order valence-corrected chi connectivity index (χ2v) is 4.34. The molecule has 0 aromatic rings. The second-order valence-electron chi connectivity index (χ2n) is 4.34. The predicted molar refractivity (Wildman–Crippen MR) is 58.1 cm³/mol. The third-order valence-corrected chi connectivity index (χ3v) is 2.05. The van der Waals surface area contributed by atoms with Crippen molar-refractivity contribution >= 4 is 0 Å². The van der Waals surface area contributed by atoms with Crippen molar-refractivity contribution in [1.82, 2.24) is 4.90 Å². The maximum absolute atomic E-state index is 5.64. The van der Waals surface area contributed by atoms with Crippen molar-refractivity contribution in [2.24, 2.45) is 0 Å². The van der Waals surface area contributed by atoms with Gasteiger partial charge in [-0.2, -0.15) is 0 Å². The van der Waals surface area contributed by atoms with Crippen molar-refractivity contribution in [2.75, 3.05) is 26.2 Å². The lowest BCUT2D eigenvalue weighted by atomic mass is 10.2. The Bertz CT molecular complexity index is 114. The lowest BCUT2D eigenvalue weighted by Gasteiger charge is -2.22. The second kappa shape index (κ2) is 6.39. The topological polar surface area (TPSA) is 12.5 Å². The molecule has 2 heteroatoms. The van der Waals surface area contributed by atoms with E-state index in [1.54, 1.807) is 0 Å². The first kappa shape index (κ1) is 12.9. The van der Waals surface area contributed by atoms with Crippen LogP contribution in [0, 0.1) is 0 Å². The lowest BCUT2D eigenvalue weighted by Crippen LogP contribution is -2.26. The number of nitrogens with zero attached hydrogens (tertiary/aromatic N) is 1. The van der Waals surface area contributed by atoms with Crippen LogP contribution in [-0.2, 0) is 4.74 Å². The summed E-state index contributed by atoms with van der Waals surface area (Å²) in [5, 5.41) is 0. The Hall–Kier alpha value is -0.0800. The van der Waals surface area contributed by atoms with Crippen LogP contribution in [0.4, 0.5) is 0 Å². The van der Waals surface area contributed by atoms with E-state index in [4.69, 9.17) is 4.74 Å². The largest absolute Gasteiger partial charge is 0.376 e. The van der Waals surface area contributed by atoms with Crippen LogP contribution in [0.25, 0.3) is 0 Å². The van der Waals surface area contributed by atoms with Gasteiger partial charge in [0.25, 0.3) is 0 Å². The molecule has 0 atom stereocenters. The summed E-state index contributed by atoms with van der Waals surface area (Å²) in [7, 11) is 0. The first-order valence-corrected chi connectivity index (χ1v) is 5.36. The third-order valence-electron chi connectivity index (χ3n) is 2.05. The van der Waals surface area contributed by atoms with Gasteiger partial charge in [0.05, 0.1) is 5.60 Å². The number of hydrogen-bond donors (Lipinski definition) is 0. The van der Waals surface area contributed by atoms with Crippen molar-refractivity contribution in [3.05, 3.63) is 0 Å². The fourth-order valence-electron chi connectivity index (χ4n) is 1.21. The summed E-state index contributed by atoms with van der Waals surface area (Å²) in [4.78, 5) is 2.42. The van der Waals surface area contributed by atoms with E-state index in [0.717, 1.165) is 32.7 Å². The van der Waals surface area contributed by atoms with Gasteiger partial charge in [0.15, 0.2) is 0 Å². The van der Waals surface area contributed by atoms with Crippen LogP contribution in [0.2, 0.25) is 0 Å². The zero-order valence-corrected chi connectivity index (χ0v) is 9.89. The minimum atomic E-state index is 0.0171. The van der Waals surface area contributed by atoms with Gasteiger partial charge < -0.3 is 9.64 Å². The smallest absolute Gasteiger partial charge is 0.0598 e. The molecule has 0 spiro atoms. The van der Waals surface area contributed by atoms with E-state index < -0.39 is 0 Å². The van der Waals surface area contributed by atoms with Gasteiger partial charge in [-0.15, -0.1) is 0 Å². The highest BCUT2D eigenvalue weighted by atomic mass is 16.5. The Balaban J connectivity index is 3.34. The molecule has 0 aromatic heterocycles. The maximum atomic E-state index is 5.64. The van der Waals surface area contributed by atoms with Crippen LogP contribution >= 0.6 is 0 Å². The van der Waals surface area contributed by atoms with Gasteiger partial charge in [-0.1, -0.05) is 13.8 Å². The van der Waals surface area contributed by atoms with E-state index >= 15 is 0 Å². The molecule has 0 heterocycles. The molecular weight excluding hydrogens is 162 g/mol. The Morgan fingerprint density at radius 3 is 2.00 bits per heavy atom. The molecule has 0 rings (SSSR count). The first-order chi connectivity index (χ1) is 5.99. The molecule has 0 aliphatic carbocycles. The summed E-state index contributed by atoms with van der Waals surface area (Å²) >= 11 is 0. The van der Waals surface area contributed by atoms with Gasteiger partial charge in [0, 0.05) is 13.2 Å². The molecule has 0 N–H and O–H groups in total. The van der Waals surface area contributed by atoms with Gasteiger partial charge in [-0.05, 0) is 40.3 Å². The van der Waals surface area contributed by atoms with E-state index in [9.17, 15) is 0 Å². The fourth-order valence-corrected chi connectivity index (χ4v) is 1.21. The fraction of sp³-hybridized carbons (Fsp3) is 1.00. The summed E-state index contributed by atoms with van der Waals surface area (Å²) < 4.78 is 5.64. The maximum Gasteiger partial charge on any atom is 0.0598 e. The Kier molecular flexibility index (Phi) is 6.35. The molecule has 0 amide bonds. The average molecular weight is 187 g/mol. The van der Waals surface area contributed by atoms with Crippen LogP contribution in [0.3, 0.4) is 0 Å². The lowest BCUT2D eigenvalue weighted by molar-refractivity contribution is -0.00664. The minimum absolute atomic E-state index is 0.0171. The molecule has 0 radical (unpaired) electrons. The molecule has 0 aliphatic rings. The molecule has 2 nitrogen and oxygen atoms in total. The van der Waals surface area contributed by atoms with Crippen molar-refractivity contribution in [3.8, 4) is 0 Å². The monoisotopic (exact) mass is 187 g/mol. The average Bonchev–Trinajstić information content (AvgIpc) is 2.03. The number of rotatable bonds is 6. The Morgan fingerprint density at radius 1 is 1.08 bits per heavy atom. The summed E-state index contributed by atoms with van der Waals surface area (Å²) in [6.07, 6.45) is 1.14. The normalized spacial score (nSPS) is 12.5. The van der Waals surface area contributed by atoms with Gasteiger partial charge in [0.1, 0.15) is 0 Å². The first-order valence-electron chi connectivity index (χ1n) is 5.36. The van der Waals surface area contributed by atoms with Crippen molar-refractivity contribution in [2.45, 2.75) is 46.6 Å². The standard InChI is InChI=1S/C11H25NO/c1-6-12(7-2)9-8-10-13-11(3,4)5/h6-10H2,1-5H3. The SMILES string of the molecule is CCN(CC)CCCOC(C)(C)C.